The van der Waals surface area contributed by atoms with Gasteiger partial charge < -0.3 is 64.4 Å². The second-order valence-corrected chi connectivity index (χ2v) is 23.0. The number of rotatable bonds is 8. The summed E-state index contributed by atoms with van der Waals surface area (Å²) in [6, 6.07) is 0.676. The van der Waals surface area contributed by atoms with Gasteiger partial charge in [-0.25, -0.2) is 9.18 Å². The van der Waals surface area contributed by atoms with Gasteiger partial charge in [-0.3, -0.25) is 28.8 Å². The molecule has 6 N–H and O–H groups in total. The van der Waals surface area contributed by atoms with E-state index in [0.29, 0.717) is 32.4 Å². The summed E-state index contributed by atoms with van der Waals surface area (Å²) in [4.78, 5) is 100. The van der Waals surface area contributed by atoms with E-state index in [0.717, 1.165) is 25.2 Å². The van der Waals surface area contributed by atoms with Gasteiger partial charge in [-0.15, -0.1) is 0 Å². The average Bonchev–Trinajstić information content (AvgIpc) is 2.63. The zero-order chi connectivity index (χ0) is 58.8. The van der Waals surface area contributed by atoms with Gasteiger partial charge in [0.25, 0.3) is 11.7 Å². The lowest BCUT2D eigenvalue weighted by molar-refractivity contribution is -0.160. The molecule has 2 saturated heterocycles. The number of likely N-dealkylation sites (tertiary alicyclic amines) is 1. The zero-order valence-electron chi connectivity index (χ0n) is 46.6. The molecule has 81 heavy (non-hydrogen) atoms. The van der Waals surface area contributed by atoms with Gasteiger partial charge in [-0.2, -0.15) is 0 Å². The fraction of sp³-hybridized carbons (Fsp3) is 0.508. The molecule has 10 atom stereocenters. The van der Waals surface area contributed by atoms with Crippen molar-refractivity contribution in [2.75, 3.05) is 38.2 Å². The number of carbonyl (C=O) groups excluding carboxylic acids is 5. The Bertz CT molecular complexity index is 3320. The number of aliphatic hydroxyl groups excluding tert-OH is 2. The van der Waals surface area contributed by atoms with Gasteiger partial charge in [0.05, 0.1) is 62.9 Å². The molecule has 1 saturated carbocycles. The van der Waals surface area contributed by atoms with Gasteiger partial charge in [0.15, 0.2) is 0 Å². The molecule has 7 aliphatic rings. The standard InChI is InChI=1S/C59H69ClFN5O15/c1-26-11-10-12-27(2)57(75)63-44-47(64-19-15-33(16-20-64)62-34-17-21-65(24-34)46-38(61)23-36-45(43(46)60)66(35-13-14-35)25-37(51(36)71)58(76)77)53(73)40-41(52(44)72)50(70)31(6)55-42(40)56(74)59(8,81-55)79-22-18-39(78-9)28(3)54(80-32(7)67)30(5)49(69)29(4)48(26)68/h10-12,18,22-23,25-26,28-30,33-35,39,48-49,54,62,68-70H,13-17,19-21,24H2,1-9H3,(H,63,75)(H,76,77)/t26-,28+,29+,30+,34?,39-,48-,49+,54+,59-/m0/s1. The number of fused-ring (bicyclic) bond motifs is 15. The molecular formula is C59H69ClFN5O15. The van der Waals surface area contributed by atoms with Crippen LogP contribution in [-0.2, 0) is 23.8 Å². The summed E-state index contributed by atoms with van der Waals surface area (Å²) in [6.45, 7) is 13.4. The number of esters is 1. The Hall–Kier alpha value is -6.91. The zero-order valence-corrected chi connectivity index (χ0v) is 47.4. The van der Waals surface area contributed by atoms with E-state index >= 15 is 14.0 Å². The van der Waals surface area contributed by atoms with Crippen molar-refractivity contribution in [1.82, 2.24) is 20.1 Å². The number of phenols is 1. The van der Waals surface area contributed by atoms with Crippen molar-refractivity contribution in [3.63, 3.8) is 0 Å². The van der Waals surface area contributed by atoms with Gasteiger partial charge in [0.1, 0.15) is 40.4 Å². The number of nitrogens with one attached hydrogen (secondary N) is 2. The van der Waals surface area contributed by atoms with Gasteiger partial charge in [0, 0.05) is 106 Å². The summed E-state index contributed by atoms with van der Waals surface area (Å²) in [5, 5.41) is 51.0. The molecular weight excluding hydrogens is 1070 g/mol. The number of methoxy groups -OCH3 is 1. The van der Waals surface area contributed by atoms with Gasteiger partial charge in [0.2, 0.25) is 17.0 Å². The second kappa shape index (κ2) is 22.8. The highest BCUT2D eigenvalue weighted by molar-refractivity contribution is 6.38. The summed E-state index contributed by atoms with van der Waals surface area (Å²) in [5.41, 5.74) is -2.72. The number of hydrogen-bond donors (Lipinski definition) is 6. The fourth-order valence-electron chi connectivity index (χ4n) is 12.2. The van der Waals surface area contributed by atoms with E-state index in [1.54, 1.807) is 54.2 Å². The SMILES string of the molecule is CO[C@H]1C=CO[C@@]2(C)Oc3c(C)c(O)c4c(c3C2=O)C(=O)C(N2CCC(NC3CCN(c5c(F)cc6c(=O)c(C(=O)O)cn(C7CC7)c6c5Cl)C3)CC2)=C(NC(=O)C(C)=CC=C[C@H](C)[C@H](O)[C@@H](C)[C@@H](O)[C@@H](C)[C@H](OC(C)=O)[C@@H]1C)C4=O. The van der Waals surface area contributed by atoms with E-state index in [9.17, 15) is 44.4 Å². The molecule has 3 fully saturated rings. The van der Waals surface area contributed by atoms with E-state index in [-0.39, 0.29) is 81.0 Å². The van der Waals surface area contributed by atoms with Crippen LogP contribution in [0.15, 0.2) is 64.6 Å². The minimum Gasteiger partial charge on any atom is -0.507 e. The molecule has 22 heteroatoms. The first-order valence-electron chi connectivity index (χ1n) is 27.4. The number of Topliss-reactive ketones (excluding diaryl/α,β-unsaturated/α-hetero) is 3. The smallest absolute Gasteiger partial charge is 0.341 e. The van der Waals surface area contributed by atoms with Crippen molar-refractivity contribution in [3.05, 3.63) is 109 Å². The second-order valence-electron chi connectivity index (χ2n) is 22.6. The number of carbonyl (C=O) groups is 6. The van der Waals surface area contributed by atoms with Crippen molar-refractivity contribution < 1.29 is 72.5 Å². The average molecular weight is 1140 g/mol. The molecule has 434 valence electrons. The first-order chi connectivity index (χ1) is 38.3. The molecule has 2 aromatic carbocycles. The molecule has 1 aromatic heterocycles. The summed E-state index contributed by atoms with van der Waals surface area (Å²) in [6.07, 6.45) is 7.37. The van der Waals surface area contributed by atoms with E-state index in [1.807, 2.05) is 0 Å². The van der Waals surface area contributed by atoms with Crippen molar-refractivity contribution in [2.24, 2.45) is 23.7 Å². The van der Waals surface area contributed by atoms with E-state index < -0.39 is 128 Å². The minimum atomic E-state index is -2.16. The third-order valence-corrected chi connectivity index (χ3v) is 17.4. The van der Waals surface area contributed by atoms with Crippen molar-refractivity contribution in [1.29, 1.82) is 0 Å². The third kappa shape index (κ3) is 10.8. The Morgan fingerprint density at radius 2 is 1.56 bits per heavy atom. The maximum atomic E-state index is 16.1. The van der Waals surface area contributed by atoms with Gasteiger partial charge >= 0.3 is 17.7 Å². The maximum absolute atomic E-state index is 16.1. The predicted octanol–water partition coefficient (Wildman–Crippen LogP) is 6.43. The van der Waals surface area contributed by atoms with Gasteiger partial charge in [-0.05, 0) is 58.1 Å². The molecule has 5 bridgehead atoms. The number of pyridine rings is 1. The number of amides is 1. The number of carboxylic acid groups (broad SMARTS) is 1. The van der Waals surface area contributed by atoms with Crippen LogP contribution in [0.5, 0.6) is 11.5 Å². The number of piperidine rings is 1. The van der Waals surface area contributed by atoms with Crippen molar-refractivity contribution >= 4 is 63.4 Å². The van der Waals surface area contributed by atoms with Crippen LogP contribution in [0.2, 0.25) is 5.02 Å². The van der Waals surface area contributed by atoms with E-state index in [1.165, 1.54) is 53.2 Å². The number of aliphatic hydroxyl groups is 2. The summed E-state index contributed by atoms with van der Waals surface area (Å²) in [7, 11) is 1.41. The van der Waals surface area contributed by atoms with Crippen LogP contribution >= 0.6 is 11.6 Å². The maximum Gasteiger partial charge on any atom is 0.341 e. The molecule has 1 unspecified atom stereocenters. The molecule has 20 nitrogen and oxygen atoms in total. The number of ketones is 3. The lowest BCUT2D eigenvalue weighted by Crippen LogP contribution is -2.49. The highest BCUT2D eigenvalue weighted by Gasteiger charge is 2.53. The number of carboxylic acids is 1. The number of aromatic hydroxyl groups is 1. The number of aromatic carboxylic acids is 1. The van der Waals surface area contributed by atoms with Crippen LogP contribution in [0, 0.1) is 36.4 Å². The molecule has 3 aromatic rings. The van der Waals surface area contributed by atoms with Crippen LogP contribution in [0.3, 0.4) is 0 Å². The van der Waals surface area contributed by atoms with Crippen LogP contribution in [-0.4, -0.2) is 141 Å². The molecule has 10 rings (SSSR count). The number of benzene rings is 2. The number of phenolic OH excluding ortho intramolecular Hbond substituents is 1. The normalized spacial score (nSPS) is 28.8. The largest absolute Gasteiger partial charge is 0.507 e. The highest BCUT2D eigenvalue weighted by Crippen LogP contribution is 2.50. The first kappa shape index (κ1) is 58.7. The monoisotopic (exact) mass is 1140 g/mol. The minimum absolute atomic E-state index is 0.0199. The Labute approximate surface area is 472 Å². The number of aromatic nitrogens is 1. The Morgan fingerprint density at radius 3 is 2.20 bits per heavy atom. The Balaban J connectivity index is 1.02. The number of nitrogens with zero attached hydrogens (tertiary/aromatic N) is 3. The van der Waals surface area contributed by atoms with Crippen LogP contribution in [0.1, 0.15) is 134 Å². The molecule has 6 heterocycles. The molecule has 0 radical (unpaired) electrons. The lowest BCUT2D eigenvalue weighted by atomic mass is 9.78. The van der Waals surface area contributed by atoms with E-state index in [2.05, 4.69) is 10.6 Å². The lowest BCUT2D eigenvalue weighted by Gasteiger charge is -2.38. The Kier molecular flexibility index (Phi) is 16.5. The molecule has 5 aliphatic heterocycles. The van der Waals surface area contributed by atoms with Crippen molar-refractivity contribution in [2.45, 2.75) is 136 Å². The summed E-state index contributed by atoms with van der Waals surface area (Å²) in [5.74, 6) is -11.9. The number of anilines is 1. The van der Waals surface area contributed by atoms with Gasteiger partial charge in [-0.1, -0.05) is 57.5 Å². The van der Waals surface area contributed by atoms with Crippen LogP contribution < -0.4 is 25.7 Å². The number of hydrogen-bond acceptors (Lipinski definition) is 17. The molecule has 0 spiro atoms. The highest BCUT2D eigenvalue weighted by atomic mass is 35.5. The molecule has 1 amide bonds. The van der Waals surface area contributed by atoms with Crippen molar-refractivity contribution in [3.8, 4) is 11.5 Å². The van der Waals surface area contributed by atoms with E-state index in [4.69, 9.17) is 30.5 Å². The number of ether oxygens (including phenoxy) is 4. The predicted molar refractivity (Wildman–Crippen MR) is 295 cm³/mol. The summed E-state index contributed by atoms with van der Waals surface area (Å²) < 4.78 is 41.6. The first-order valence-corrected chi connectivity index (χ1v) is 27.8. The number of halogens is 2. The Morgan fingerprint density at radius 1 is 0.889 bits per heavy atom. The summed E-state index contributed by atoms with van der Waals surface area (Å²) >= 11 is 6.97. The topological polar surface area (TPSA) is 273 Å². The van der Waals surface area contributed by atoms with Crippen LogP contribution in [0.25, 0.3) is 10.9 Å². The molecule has 2 aliphatic carbocycles. The fourth-order valence-corrected chi connectivity index (χ4v) is 12.6. The number of allylic oxidation sites excluding steroid dienone is 4. The van der Waals surface area contributed by atoms with Crippen LogP contribution in [0.4, 0.5) is 10.1 Å². The quantitative estimate of drug-likeness (QED) is 0.133. The third-order valence-electron chi connectivity index (χ3n) is 17.1.